The van der Waals surface area contributed by atoms with Crippen LogP contribution in [0.15, 0.2) is 42.5 Å². The second-order valence-corrected chi connectivity index (χ2v) is 10.0. The van der Waals surface area contributed by atoms with E-state index in [4.69, 9.17) is 34.8 Å². The molecule has 0 aromatic heterocycles. The van der Waals surface area contributed by atoms with Crippen molar-refractivity contribution in [3.05, 3.63) is 69.5 Å². The van der Waals surface area contributed by atoms with Crippen LogP contribution in [0, 0.1) is 5.82 Å². The summed E-state index contributed by atoms with van der Waals surface area (Å²) in [7, 11) is 0. The Hall–Kier alpha value is -1.86. The van der Waals surface area contributed by atoms with Crippen molar-refractivity contribution in [3.63, 3.8) is 0 Å². The fraction of sp³-hybridized carbons (Fsp3) is 0.440. The molecule has 0 saturated carbocycles. The molecule has 2 aromatic carbocycles. The SMILES string of the molecule is CC1(NC(=O)c2c(Cl)cccc2Cl)CCN(CC[C@H](NC(=O)CCCl)c2cccc(F)c2)CC1. The molecule has 0 spiro atoms. The van der Waals surface area contributed by atoms with Gasteiger partial charge in [0, 0.05) is 37.5 Å². The first kappa shape index (κ1) is 26.7. The van der Waals surface area contributed by atoms with Gasteiger partial charge >= 0.3 is 0 Å². The van der Waals surface area contributed by atoms with Gasteiger partial charge in [-0.05, 0) is 56.0 Å². The summed E-state index contributed by atoms with van der Waals surface area (Å²) in [5, 5.41) is 6.73. The Morgan fingerprint density at radius 2 is 1.76 bits per heavy atom. The van der Waals surface area contributed by atoms with E-state index in [1.165, 1.54) is 12.1 Å². The topological polar surface area (TPSA) is 61.4 Å². The van der Waals surface area contributed by atoms with Gasteiger partial charge in [-0.3, -0.25) is 9.59 Å². The smallest absolute Gasteiger partial charge is 0.254 e. The van der Waals surface area contributed by atoms with Gasteiger partial charge in [0.05, 0.1) is 21.7 Å². The molecular formula is C25H29Cl3FN3O2. The minimum Gasteiger partial charge on any atom is -0.349 e. The third-order valence-corrected chi connectivity index (χ3v) is 7.03. The number of carbonyl (C=O) groups excluding carboxylic acids is 2. The second kappa shape index (κ2) is 12.2. The number of likely N-dealkylation sites (tertiary alicyclic amines) is 1. The average molecular weight is 529 g/mol. The van der Waals surface area contributed by atoms with E-state index >= 15 is 0 Å². The van der Waals surface area contributed by atoms with Crippen molar-refractivity contribution >= 4 is 46.6 Å². The lowest BCUT2D eigenvalue weighted by molar-refractivity contribution is -0.121. The van der Waals surface area contributed by atoms with E-state index in [1.54, 1.807) is 24.3 Å². The second-order valence-electron chi connectivity index (χ2n) is 8.86. The molecule has 0 aliphatic carbocycles. The molecule has 1 atom stereocenters. The standard InChI is InChI=1S/C25H29Cl3FN3O2/c1-25(31-24(34)23-19(27)6-3-7-20(23)28)10-14-32(15-11-25)13-9-21(30-22(33)8-12-26)17-4-2-5-18(29)16-17/h2-7,16,21H,8-15H2,1H3,(H,30,33)(H,31,34)/t21-/m0/s1. The van der Waals surface area contributed by atoms with E-state index in [2.05, 4.69) is 15.5 Å². The van der Waals surface area contributed by atoms with Gasteiger partial charge in [-0.25, -0.2) is 4.39 Å². The van der Waals surface area contributed by atoms with Crippen LogP contribution in [0.25, 0.3) is 0 Å². The van der Waals surface area contributed by atoms with Crippen molar-refractivity contribution in [1.82, 2.24) is 15.5 Å². The maximum Gasteiger partial charge on any atom is 0.254 e. The van der Waals surface area contributed by atoms with Crippen LogP contribution in [0.2, 0.25) is 10.0 Å². The zero-order valence-electron chi connectivity index (χ0n) is 19.1. The molecule has 0 bridgehead atoms. The molecule has 1 saturated heterocycles. The molecule has 9 heteroatoms. The molecule has 2 N–H and O–H groups in total. The molecular weight excluding hydrogens is 500 g/mol. The fourth-order valence-corrected chi connectivity index (χ4v) is 4.90. The maximum atomic E-state index is 13.8. The van der Waals surface area contributed by atoms with E-state index < -0.39 is 0 Å². The number of piperidine rings is 1. The van der Waals surface area contributed by atoms with Crippen LogP contribution < -0.4 is 10.6 Å². The van der Waals surface area contributed by atoms with Crippen LogP contribution in [0.3, 0.4) is 0 Å². The van der Waals surface area contributed by atoms with Crippen LogP contribution in [0.5, 0.6) is 0 Å². The van der Waals surface area contributed by atoms with Crippen LogP contribution in [-0.2, 0) is 4.79 Å². The normalized spacial score (nSPS) is 16.6. The van der Waals surface area contributed by atoms with Gasteiger partial charge in [0.15, 0.2) is 0 Å². The largest absolute Gasteiger partial charge is 0.349 e. The van der Waals surface area contributed by atoms with Crippen molar-refractivity contribution in [1.29, 1.82) is 0 Å². The Bertz CT molecular complexity index is 992. The summed E-state index contributed by atoms with van der Waals surface area (Å²) >= 11 is 18.1. The number of alkyl halides is 1. The van der Waals surface area contributed by atoms with E-state index in [0.29, 0.717) is 22.0 Å². The number of hydrogen-bond acceptors (Lipinski definition) is 3. The monoisotopic (exact) mass is 527 g/mol. The quantitative estimate of drug-likeness (QED) is 0.417. The molecule has 34 heavy (non-hydrogen) atoms. The molecule has 184 valence electrons. The minimum absolute atomic E-state index is 0.156. The van der Waals surface area contributed by atoms with E-state index in [1.807, 2.05) is 13.0 Å². The van der Waals surface area contributed by atoms with Crippen LogP contribution in [-0.4, -0.2) is 47.8 Å². The molecule has 2 amide bonds. The van der Waals surface area contributed by atoms with Crippen molar-refractivity contribution < 1.29 is 14.0 Å². The molecule has 1 fully saturated rings. The Morgan fingerprint density at radius 3 is 2.38 bits per heavy atom. The molecule has 1 heterocycles. The van der Waals surface area contributed by atoms with Gasteiger partial charge in [-0.2, -0.15) is 0 Å². The highest BCUT2D eigenvalue weighted by atomic mass is 35.5. The van der Waals surface area contributed by atoms with E-state index in [-0.39, 0.29) is 41.5 Å². The first-order valence-electron chi connectivity index (χ1n) is 11.3. The molecule has 2 aromatic rings. The third-order valence-electron chi connectivity index (χ3n) is 6.21. The Morgan fingerprint density at radius 1 is 1.12 bits per heavy atom. The number of benzene rings is 2. The van der Waals surface area contributed by atoms with E-state index in [0.717, 1.165) is 38.0 Å². The van der Waals surface area contributed by atoms with E-state index in [9.17, 15) is 14.0 Å². The van der Waals surface area contributed by atoms with Crippen molar-refractivity contribution in [3.8, 4) is 0 Å². The molecule has 3 rings (SSSR count). The first-order valence-corrected chi connectivity index (χ1v) is 12.6. The predicted molar refractivity (Wildman–Crippen MR) is 135 cm³/mol. The van der Waals surface area contributed by atoms with Crippen molar-refractivity contribution in [2.24, 2.45) is 0 Å². The number of halogens is 4. The highest BCUT2D eigenvalue weighted by Gasteiger charge is 2.33. The van der Waals surface area contributed by atoms with Crippen LogP contribution >= 0.6 is 34.8 Å². The first-order chi connectivity index (χ1) is 16.2. The fourth-order valence-electron chi connectivity index (χ4n) is 4.16. The predicted octanol–water partition coefficient (Wildman–Crippen LogP) is 5.59. The third kappa shape index (κ3) is 7.32. The van der Waals surface area contributed by atoms with Gasteiger partial charge in [-0.15, -0.1) is 11.6 Å². The van der Waals surface area contributed by atoms with Gasteiger partial charge in [0.1, 0.15) is 5.82 Å². The van der Waals surface area contributed by atoms with Gasteiger partial charge in [0.25, 0.3) is 5.91 Å². The lowest BCUT2D eigenvalue weighted by Crippen LogP contribution is -2.53. The highest BCUT2D eigenvalue weighted by Crippen LogP contribution is 2.28. The maximum absolute atomic E-state index is 13.8. The van der Waals surface area contributed by atoms with Gasteiger partial charge in [0.2, 0.25) is 5.91 Å². The number of nitrogens with zero attached hydrogens (tertiary/aromatic N) is 1. The zero-order valence-corrected chi connectivity index (χ0v) is 21.3. The number of hydrogen-bond donors (Lipinski definition) is 2. The summed E-state index contributed by atoms with van der Waals surface area (Å²) in [5.41, 5.74) is 0.640. The Kier molecular flexibility index (Phi) is 9.60. The molecule has 1 aliphatic rings. The van der Waals surface area contributed by atoms with Crippen molar-refractivity contribution in [2.45, 2.75) is 44.2 Å². The summed E-state index contributed by atoms with van der Waals surface area (Å²) < 4.78 is 13.8. The van der Waals surface area contributed by atoms with Gasteiger partial charge < -0.3 is 15.5 Å². The van der Waals surface area contributed by atoms with Crippen molar-refractivity contribution in [2.75, 3.05) is 25.5 Å². The lowest BCUT2D eigenvalue weighted by atomic mass is 9.89. The van der Waals surface area contributed by atoms with Crippen LogP contribution in [0.1, 0.15) is 54.6 Å². The average Bonchev–Trinajstić information content (AvgIpc) is 2.77. The molecule has 1 aliphatic heterocycles. The summed E-state index contributed by atoms with van der Waals surface area (Å²) in [6.07, 6.45) is 2.36. The Balaban J connectivity index is 1.57. The molecule has 0 unspecified atom stereocenters. The lowest BCUT2D eigenvalue weighted by Gasteiger charge is -2.40. The summed E-state index contributed by atoms with van der Waals surface area (Å²) in [6, 6.07) is 11.0. The summed E-state index contributed by atoms with van der Waals surface area (Å²) in [5.74, 6) is -0.536. The summed E-state index contributed by atoms with van der Waals surface area (Å²) in [4.78, 5) is 27.3. The molecule has 5 nitrogen and oxygen atoms in total. The molecule has 0 radical (unpaired) electrons. The Labute approximate surface area is 214 Å². The number of rotatable bonds is 9. The minimum atomic E-state index is -0.382. The number of carbonyl (C=O) groups is 2. The number of nitrogens with one attached hydrogen (secondary N) is 2. The van der Waals surface area contributed by atoms with Crippen LogP contribution in [0.4, 0.5) is 4.39 Å². The number of amides is 2. The highest BCUT2D eigenvalue weighted by molar-refractivity contribution is 6.39. The zero-order chi connectivity index (χ0) is 24.7. The summed E-state index contributed by atoms with van der Waals surface area (Å²) in [6.45, 7) is 4.30. The van der Waals surface area contributed by atoms with Gasteiger partial charge in [-0.1, -0.05) is 41.4 Å².